The summed E-state index contributed by atoms with van der Waals surface area (Å²) < 4.78 is 0. The van der Waals surface area contributed by atoms with Gasteiger partial charge in [-0.3, -0.25) is 4.79 Å². The minimum Gasteiger partial charge on any atom is -0.372 e. The Hall–Kier alpha value is -1.51. The van der Waals surface area contributed by atoms with Crippen LogP contribution in [0.15, 0.2) is 18.2 Å². The Morgan fingerprint density at radius 1 is 1.11 bits per heavy atom. The fourth-order valence-corrected chi connectivity index (χ4v) is 4.63. The van der Waals surface area contributed by atoms with E-state index in [1.54, 1.807) is 0 Å². The second-order valence-corrected chi connectivity index (χ2v) is 8.60. The lowest BCUT2D eigenvalue weighted by Crippen LogP contribution is -2.35. The zero-order valence-corrected chi connectivity index (χ0v) is 19.0. The van der Waals surface area contributed by atoms with Crippen molar-refractivity contribution in [2.75, 3.05) is 31.6 Å². The maximum atomic E-state index is 12.7. The number of benzene rings is 1. The summed E-state index contributed by atoms with van der Waals surface area (Å²) in [5.41, 5.74) is 4.26. The van der Waals surface area contributed by atoms with Gasteiger partial charge in [0.15, 0.2) is 0 Å². The minimum absolute atomic E-state index is 0.276. The van der Waals surface area contributed by atoms with E-state index in [1.807, 2.05) is 11.9 Å². The molecule has 1 amide bonds. The van der Waals surface area contributed by atoms with Gasteiger partial charge in [-0.1, -0.05) is 46.1 Å². The third-order valence-electron chi connectivity index (χ3n) is 6.51. The standard InChI is InChI=1S/C25H42N2O/c1-6-17-27(8-3)23-14-15-24(21(7-2)19-23)20(4)16-18-26(5)25(28)22-12-10-9-11-13-22/h14-15,19-20,22H,6-13,16-18H2,1-5H3. The molecule has 0 radical (unpaired) electrons. The highest BCUT2D eigenvalue weighted by Gasteiger charge is 2.24. The Labute approximate surface area is 173 Å². The number of carbonyl (C=O) groups excluding carboxylic acids is 1. The Balaban J connectivity index is 1.98. The summed E-state index contributed by atoms with van der Waals surface area (Å²) >= 11 is 0. The van der Waals surface area contributed by atoms with Crippen LogP contribution >= 0.6 is 0 Å². The molecular formula is C25H42N2O. The molecule has 1 aliphatic carbocycles. The molecule has 0 spiro atoms. The van der Waals surface area contributed by atoms with Crippen LogP contribution in [-0.4, -0.2) is 37.5 Å². The Morgan fingerprint density at radius 2 is 1.82 bits per heavy atom. The molecule has 0 heterocycles. The zero-order valence-electron chi connectivity index (χ0n) is 19.0. The number of hydrogen-bond acceptors (Lipinski definition) is 2. The Kier molecular flexibility index (Phi) is 9.34. The first kappa shape index (κ1) is 22.8. The van der Waals surface area contributed by atoms with Gasteiger partial charge in [-0.2, -0.15) is 0 Å². The number of nitrogens with zero attached hydrogens (tertiary/aromatic N) is 2. The lowest BCUT2D eigenvalue weighted by molar-refractivity contribution is -0.135. The lowest BCUT2D eigenvalue weighted by atomic mass is 9.88. The normalized spacial score (nSPS) is 16.0. The van der Waals surface area contributed by atoms with Crippen molar-refractivity contribution < 1.29 is 4.79 Å². The van der Waals surface area contributed by atoms with E-state index in [9.17, 15) is 4.79 Å². The molecule has 1 fully saturated rings. The summed E-state index contributed by atoms with van der Waals surface area (Å²) in [6.45, 7) is 12.1. The molecule has 28 heavy (non-hydrogen) atoms. The van der Waals surface area contributed by atoms with Gasteiger partial charge in [0.1, 0.15) is 0 Å². The van der Waals surface area contributed by atoms with E-state index in [4.69, 9.17) is 0 Å². The topological polar surface area (TPSA) is 23.6 Å². The molecule has 0 bridgehead atoms. The molecule has 1 saturated carbocycles. The van der Waals surface area contributed by atoms with Gasteiger partial charge in [0.2, 0.25) is 5.91 Å². The summed E-state index contributed by atoms with van der Waals surface area (Å²) in [4.78, 5) is 17.2. The van der Waals surface area contributed by atoms with Crippen LogP contribution in [-0.2, 0) is 11.2 Å². The number of rotatable bonds is 10. The van der Waals surface area contributed by atoms with E-state index in [0.717, 1.165) is 45.3 Å². The Bertz CT molecular complexity index is 607. The molecule has 3 nitrogen and oxygen atoms in total. The van der Waals surface area contributed by atoms with E-state index in [0.29, 0.717) is 11.8 Å². The molecule has 1 unspecified atom stereocenters. The molecule has 0 saturated heterocycles. The van der Waals surface area contributed by atoms with E-state index >= 15 is 0 Å². The molecule has 0 aliphatic heterocycles. The van der Waals surface area contributed by atoms with Crippen molar-refractivity contribution in [1.29, 1.82) is 0 Å². The molecular weight excluding hydrogens is 344 g/mol. The average Bonchev–Trinajstić information content (AvgIpc) is 2.75. The fourth-order valence-electron chi connectivity index (χ4n) is 4.63. The number of hydrogen-bond donors (Lipinski definition) is 0. The third-order valence-corrected chi connectivity index (χ3v) is 6.51. The highest BCUT2D eigenvalue weighted by atomic mass is 16.2. The summed E-state index contributed by atoms with van der Waals surface area (Å²) in [7, 11) is 2.00. The monoisotopic (exact) mass is 386 g/mol. The first-order valence-corrected chi connectivity index (χ1v) is 11.6. The predicted octanol–water partition coefficient (Wildman–Crippen LogP) is 6.02. The van der Waals surface area contributed by atoms with Gasteiger partial charge >= 0.3 is 0 Å². The van der Waals surface area contributed by atoms with E-state index in [-0.39, 0.29) is 5.92 Å². The van der Waals surface area contributed by atoms with Crippen molar-refractivity contribution in [1.82, 2.24) is 4.90 Å². The molecule has 1 aromatic carbocycles. The van der Waals surface area contributed by atoms with Crippen molar-refractivity contribution >= 4 is 11.6 Å². The van der Waals surface area contributed by atoms with Crippen LogP contribution in [0.3, 0.4) is 0 Å². The van der Waals surface area contributed by atoms with Gasteiger partial charge in [-0.25, -0.2) is 0 Å². The molecule has 1 atom stereocenters. The molecule has 2 rings (SSSR count). The van der Waals surface area contributed by atoms with Gasteiger partial charge in [0.25, 0.3) is 0 Å². The molecule has 3 heteroatoms. The number of carbonyl (C=O) groups is 1. The van der Waals surface area contributed by atoms with Gasteiger partial charge in [0, 0.05) is 38.3 Å². The lowest BCUT2D eigenvalue weighted by Gasteiger charge is -2.28. The SMILES string of the molecule is CCCN(CC)c1ccc(C(C)CCN(C)C(=O)C2CCCCC2)c(CC)c1. The number of amides is 1. The first-order valence-electron chi connectivity index (χ1n) is 11.6. The van der Waals surface area contributed by atoms with Crippen LogP contribution in [0.25, 0.3) is 0 Å². The maximum Gasteiger partial charge on any atom is 0.225 e. The van der Waals surface area contributed by atoms with Gasteiger partial charge in [-0.05, 0) is 68.2 Å². The van der Waals surface area contributed by atoms with Crippen molar-refractivity contribution in [3.05, 3.63) is 29.3 Å². The average molecular weight is 387 g/mol. The second-order valence-electron chi connectivity index (χ2n) is 8.60. The summed E-state index contributed by atoms with van der Waals surface area (Å²) in [5, 5.41) is 0. The van der Waals surface area contributed by atoms with Crippen LogP contribution in [0, 0.1) is 5.92 Å². The minimum atomic E-state index is 0.276. The summed E-state index contributed by atoms with van der Waals surface area (Å²) in [6.07, 6.45) is 9.20. The van der Waals surface area contributed by atoms with Crippen molar-refractivity contribution in [3.63, 3.8) is 0 Å². The van der Waals surface area contributed by atoms with E-state index in [1.165, 1.54) is 42.5 Å². The molecule has 1 aromatic rings. The third kappa shape index (κ3) is 5.99. The van der Waals surface area contributed by atoms with Crippen LogP contribution in [0.1, 0.15) is 89.7 Å². The largest absolute Gasteiger partial charge is 0.372 e. The van der Waals surface area contributed by atoms with Crippen LogP contribution in [0.4, 0.5) is 5.69 Å². The maximum absolute atomic E-state index is 12.7. The smallest absolute Gasteiger partial charge is 0.225 e. The number of aryl methyl sites for hydroxylation is 1. The van der Waals surface area contributed by atoms with Crippen LogP contribution in [0.5, 0.6) is 0 Å². The summed E-state index contributed by atoms with van der Waals surface area (Å²) in [5.74, 6) is 1.13. The van der Waals surface area contributed by atoms with Gasteiger partial charge in [0.05, 0.1) is 0 Å². The van der Waals surface area contributed by atoms with Crippen molar-refractivity contribution in [2.45, 2.75) is 85.0 Å². The molecule has 1 aliphatic rings. The van der Waals surface area contributed by atoms with Crippen molar-refractivity contribution in [2.24, 2.45) is 5.92 Å². The van der Waals surface area contributed by atoms with E-state index < -0.39 is 0 Å². The zero-order chi connectivity index (χ0) is 20.5. The van der Waals surface area contributed by atoms with Gasteiger partial charge < -0.3 is 9.80 Å². The van der Waals surface area contributed by atoms with E-state index in [2.05, 4.69) is 50.8 Å². The molecule has 158 valence electrons. The Morgan fingerprint density at radius 3 is 2.43 bits per heavy atom. The first-order chi connectivity index (χ1) is 13.5. The van der Waals surface area contributed by atoms with Gasteiger partial charge in [-0.15, -0.1) is 0 Å². The van der Waals surface area contributed by atoms with Crippen LogP contribution in [0.2, 0.25) is 0 Å². The fraction of sp³-hybridized carbons (Fsp3) is 0.720. The molecule has 0 aromatic heterocycles. The van der Waals surface area contributed by atoms with Crippen LogP contribution < -0.4 is 4.90 Å². The molecule has 0 N–H and O–H groups in total. The van der Waals surface area contributed by atoms with Crippen molar-refractivity contribution in [3.8, 4) is 0 Å². The predicted molar refractivity (Wildman–Crippen MR) is 121 cm³/mol. The summed E-state index contributed by atoms with van der Waals surface area (Å²) in [6, 6.07) is 7.02. The second kappa shape index (κ2) is 11.5. The highest BCUT2D eigenvalue weighted by Crippen LogP contribution is 2.29. The quantitative estimate of drug-likeness (QED) is 0.491. The number of anilines is 1. The highest BCUT2D eigenvalue weighted by molar-refractivity contribution is 5.78.